The summed E-state index contributed by atoms with van der Waals surface area (Å²) in [6.07, 6.45) is 1.59. The Kier molecular flexibility index (Phi) is 4.51. The van der Waals surface area contributed by atoms with Crippen molar-refractivity contribution >= 4 is 5.91 Å². The molecule has 2 heterocycles. The minimum atomic E-state index is -0.256. The van der Waals surface area contributed by atoms with E-state index < -0.39 is 0 Å². The van der Waals surface area contributed by atoms with E-state index in [4.69, 9.17) is 4.42 Å². The van der Waals surface area contributed by atoms with Gasteiger partial charge in [0.1, 0.15) is 11.6 Å². The van der Waals surface area contributed by atoms with Crippen molar-refractivity contribution in [3.8, 4) is 0 Å². The van der Waals surface area contributed by atoms with Gasteiger partial charge < -0.3 is 9.32 Å². The van der Waals surface area contributed by atoms with Gasteiger partial charge in [0.05, 0.1) is 0 Å². The van der Waals surface area contributed by atoms with Gasteiger partial charge in [-0.15, -0.1) is 0 Å². The number of rotatable bonds is 3. The Morgan fingerprint density at radius 2 is 2.08 bits per heavy atom. The maximum Gasteiger partial charge on any atom is 0.289 e. The number of carbonyl (C=O) groups is 1. The van der Waals surface area contributed by atoms with Crippen LogP contribution in [0, 0.1) is 25.6 Å². The number of aryl methyl sites for hydroxylation is 2. The second-order valence-electron chi connectivity index (χ2n) is 6.46. The number of hydrogen-bond acceptors (Lipinski definition) is 3. The van der Waals surface area contributed by atoms with Crippen molar-refractivity contribution in [2.75, 3.05) is 13.1 Å². The summed E-state index contributed by atoms with van der Waals surface area (Å²) in [6, 6.07) is 7.87. The Morgan fingerprint density at radius 1 is 1.29 bits per heavy atom. The molecule has 4 nitrogen and oxygen atoms in total. The second kappa shape index (κ2) is 6.59. The number of nitrogens with zero attached hydrogens (tertiary/aromatic N) is 1. The van der Waals surface area contributed by atoms with E-state index in [9.17, 15) is 14.0 Å². The van der Waals surface area contributed by atoms with Crippen molar-refractivity contribution in [1.82, 2.24) is 4.90 Å². The van der Waals surface area contributed by atoms with Gasteiger partial charge >= 0.3 is 0 Å². The largest absolute Gasteiger partial charge is 0.456 e. The number of likely N-dealkylation sites (tertiary alicyclic amines) is 1. The van der Waals surface area contributed by atoms with E-state index in [1.54, 1.807) is 30.9 Å². The van der Waals surface area contributed by atoms with Crippen molar-refractivity contribution < 1.29 is 13.6 Å². The van der Waals surface area contributed by atoms with Gasteiger partial charge in [-0.05, 0) is 49.8 Å². The Morgan fingerprint density at radius 3 is 2.79 bits per heavy atom. The molecule has 1 aromatic carbocycles. The molecule has 0 saturated carbocycles. The van der Waals surface area contributed by atoms with Gasteiger partial charge in [0, 0.05) is 25.2 Å². The van der Waals surface area contributed by atoms with Gasteiger partial charge in [0.15, 0.2) is 11.2 Å². The molecule has 0 radical (unpaired) electrons. The van der Waals surface area contributed by atoms with E-state index in [1.165, 1.54) is 12.1 Å². The lowest BCUT2D eigenvalue weighted by Gasteiger charge is -2.16. The molecule has 3 rings (SSSR count). The highest BCUT2D eigenvalue weighted by Crippen LogP contribution is 2.23. The standard InChI is InChI=1S/C19H20FNO3/c1-12-3-4-14(9-17(12)20)8-15-5-6-21(11-15)19(23)18-10-16(22)7-13(2)24-18/h3-4,7,9-10,15H,5-6,8,11H2,1-2H3. The lowest BCUT2D eigenvalue weighted by Crippen LogP contribution is -2.29. The van der Waals surface area contributed by atoms with Crippen LogP contribution in [0.5, 0.6) is 0 Å². The summed E-state index contributed by atoms with van der Waals surface area (Å²) in [5.74, 6) is 0.347. The van der Waals surface area contributed by atoms with Gasteiger partial charge in [0.25, 0.3) is 5.91 Å². The first-order valence-corrected chi connectivity index (χ1v) is 8.08. The molecule has 1 atom stereocenters. The average Bonchev–Trinajstić information content (AvgIpc) is 2.98. The fourth-order valence-electron chi connectivity index (χ4n) is 3.15. The molecule has 0 bridgehead atoms. The molecule has 1 aromatic heterocycles. The highest BCUT2D eigenvalue weighted by Gasteiger charge is 2.28. The van der Waals surface area contributed by atoms with Crippen LogP contribution in [0.2, 0.25) is 0 Å². The fraction of sp³-hybridized carbons (Fsp3) is 0.368. The van der Waals surface area contributed by atoms with Gasteiger partial charge in [-0.1, -0.05) is 12.1 Å². The van der Waals surface area contributed by atoms with E-state index in [0.717, 1.165) is 18.4 Å². The maximum atomic E-state index is 13.6. The average molecular weight is 329 g/mol. The zero-order valence-electron chi connectivity index (χ0n) is 13.8. The molecule has 1 saturated heterocycles. The predicted octanol–water partition coefficient (Wildman–Crippen LogP) is 3.10. The monoisotopic (exact) mass is 329 g/mol. The third-order valence-corrected chi connectivity index (χ3v) is 4.43. The van der Waals surface area contributed by atoms with Gasteiger partial charge in [0.2, 0.25) is 0 Å². The molecule has 1 unspecified atom stereocenters. The minimum absolute atomic E-state index is 0.0852. The van der Waals surface area contributed by atoms with Crippen LogP contribution in [0.25, 0.3) is 0 Å². The summed E-state index contributed by atoms with van der Waals surface area (Å²) >= 11 is 0. The molecule has 1 aliphatic heterocycles. The van der Waals surface area contributed by atoms with Crippen LogP contribution in [0.1, 0.15) is 33.9 Å². The van der Waals surface area contributed by atoms with E-state index in [0.29, 0.717) is 24.4 Å². The second-order valence-corrected chi connectivity index (χ2v) is 6.46. The topological polar surface area (TPSA) is 50.5 Å². The highest BCUT2D eigenvalue weighted by atomic mass is 19.1. The SMILES string of the molecule is Cc1cc(=O)cc(C(=O)N2CCC(Cc3ccc(C)c(F)c3)C2)o1. The molecule has 5 heteroatoms. The Labute approximate surface area is 139 Å². The van der Waals surface area contributed by atoms with Crippen molar-refractivity contribution in [2.45, 2.75) is 26.7 Å². The Bertz CT molecular complexity index is 828. The molecule has 126 valence electrons. The molecule has 0 N–H and O–H groups in total. The smallest absolute Gasteiger partial charge is 0.289 e. The van der Waals surface area contributed by atoms with Crippen LogP contribution < -0.4 is 5.43 Å². The van der Waals surface area contributed by atoms with Crippen molar-refractivity contribution in [1.29, 1.82) is 0 Å². The molecule has 0 spiro atoms. The molecule has 24 heavy (non-hydrogen) atoms. The summed E-state index contributed by atoms with van der Waals surface area (Å²) in [6.45, 7) is 4.60. The van der Waals surface area contributed by atoms with Crippen molar-refractivity contribution in [3.05, 3.63) is 69.0 Å². The van der Waals surface area contributed by atoms with E-state index >= 15 is 0 Å². The van der Waals surface area contributed by atoms with Crippen LogP contribution in [-0.2, 0) is 6.42 Å². The number of amides is 1. The number of halogens is 1. The summed E-state index contributed by atoms with van der Waals surface area (Å²) in [5.41, 5.74) is 1.35. The molecular formula is C19H20FNO3. The fourth-order valence-corrected chi connectivity index (χ4v) is 3.15. The molecular weight excluding hydrogens is 309 g/mol. The first-order valence-electron chi connectivity index (χ1n) is 8.08. The lowest BCUT2D eigenvalue weighted by molar-refractivity contribution is 0.0751. The number of hydrogen-bond donors (Lipinski definition) is 0. The third-order valence-electron chi connectivity index (χ3n) is 4.43. The van der Waals surface area contributed by atoms with E-state index in [1.807, 2.05) is 6.07 Å². The Hall–Kier alpha value is -2.43. The van der Waals surface area contributed by atoms with Crippen molar-refractivity contribution in [3.63, 3.8) is 0 Å². The van der Waals surface area contributed by atoms with Gasteiger partial charge in [-0.2, -0.15) is 0 Å². The molecule has 1 amide bonds. The molecule has 2 aromatic rings. The zero-order chi connectivity index (χ0) is 17.3. The Balaban J connectivity index is 1.67. The maximum absolute atomic E-state index is 13.6. The van der Waals surface area contributed by atoms with Crippen LogP contribution in [0.15, 0.2) is 39.5 Å². The third kappa shape index (κ3) is 3.55. The predicted molar refractivity (Wildman–Crippen MR) is 88.6 cm³/mol. The summed E-state index contributed by atoms with van der Waals surface area (Å²) in [4.78, 5) is 25.7. The first-order chi connectivity index (χ1) is 11.4. The zero-order valence-corrected chi connectivity index (χ0v) is 13.8. The highest BCUT2D eigenvalue weighted by molar-refractivity contribution is 5.91. The quantitative estimate of drug-likeness (QED) is 0.869. The molecule has 1 fully saturated rings. The summed E-state index contributed by atoms with van der Waals surface area (Å²) in [7, 11) is 0. The van der Waals surface area contributed by atoms with Crippen LogP contribution in [0.4, 0.5) is 4.39 Å². The van der Waals surface area contributed by atoms with Crippen LogP contribution in [-0.4, -0.2) is 23.9 Å². The van der Waals surface area contributed by atoms with Crippen LogP contribution in [0.3, 0.4) is 0 Å². The van der Waals surface area contributed by atoms with Gasteiger partial charge in [-0.3, -0.25) is 9.59 Å². The van der Waals surface area contributed by atoms with E-state index in [-0.39, 0.29) is 28.8 Å². The van der Waals surface area contributed by atoms with Gasteiger partial charge in [-0.25, -0.2) is 4.39 Å². The summed E-state index contributed by atoms with van der Waals surface area (Å²) < 4.78 is 19.0. The number of carbonyl (C=O) groups excluding carboxylic acids is 1. The normalized spacial score (nSPS) is 17.3. The summed E-state index contributed by atoms with van der Waals surface area (Å²) in [5, 5.41) is 0. The van der Waals surface area contributed by atoms with Crippen LogP contribution >= 0.6 is 0 Å². The molecule has 0 aliphatic carbocycles. The van der Waals surface area contributed by atoms with Crippen molar-refractivity contribution in [2.24, 2.45) is 5.92 Å². The molecule has 1 aliphatic rings. The lowest BCUT2D eigenvalue weighted by atomic mass is 9.98. The van der Waals surface area contributed by atoms with E-state index in [2.05, 4.69) is 0 Å². The minimum Gasteiger partial charge on any atom is -0.456 e. The first kappa shape index (κ1) is 16.4. The number of benzene rings is 1.